The zero-order valence-electron chi connectivity index (χ0n) is 10.4. The number of pyridine rings is 1. The SMILES string of the molecule is CNc1cccnc1S(=O)(=O)Nc1cccc(Cl)c1F. The predicted molar refractivity (Wildman–Crippen MR) is 76.0 cm³/mol. The van der Waals surface area contributed by atoms with Crippen LogP contribution in [0.4, 0.5) is 15.8 Å². The highest BCUT2D eigenvalue weighted by molar-refractivity contribution is 7.92. The van der Waals surface area contributed by atoms with Crippen LogP contribution in [-0.2, 0) is 10.0 Å². The van der Waals surface area contributed by atoms with Crippen LogP contribution in [0.1, 0.15) is 0 Å². The van der Waals surface area contributed by atoms with Gasteiger partial charge in [0.05, 0.1) is 16.4 Å². The minimum Gasteiger partial charge on any atom is -0.386 e. The summed E-state index contributed by atoms with van der Waals surface area (Å²) in [6, 6.07) is 7.19. The number of hydrogen-bond acceptors (Lipinski definition) is 4. The smallest absolute Gasteiger partial charge is 0.281 e. The lowest BCUT2D eigenvalue weighted by molar-refractivity contribution is 0.595. The molecule has 2 N–H and O–H groups in total. The van der Waals surface area contributed by atoms with Crippen LogP contribution >= 0.6 is 11.6 Å². The molecule has 0 radical (unpaired) electrons. The molecule has 8 heteroatoms. The van der Waals surface area contributed by atoms with Gasteiger partial charge in [-0.2, -0.15) is 8.42 Å². The monoisotopic (exact) mass is 315 g/mol. The fourth-order valence-electron chi connectivity index (χ4n) is 1.57. The first kappa shape index (κ1) is 14.5. The molecule has 20 heavy (non-hydrogen) atoms. The molecule has 5 nitrogen and oxygen atoms in total. The molecule has 0 aliphatic heterocycles. The van der Waals surface area contributed by atoms with Crippen molar-refractivity contribution in [2.45, 2.75) is 5.03 Å². The number of anilines is 2. The van der Waals surface area contributed by atoms with E-state index in [1.165, 1.54) is 24.4 Å². The summed E-state index contributed by atoms with van der Waals surface area (Å²) in [4.78, 5) is 3.80. The van der Waals surface area contributed by atoms with Gasteiger partial charge in [0.1, 0.15) is 0 Å². The van der Waals surface area contributed by atoms with E-state index in [1.54, 1.807) is 19.2 Å². The Morgan fingerprint density at radius 2 is 1.90 bits per heavy atom. The minimum absolute atomic E-state index is 0.167. The Morgan fingerprint density at radius 1 is 1.20 bits per heavy atom. The molecule has 1 aromatic carbocycles. The third-order valence-electron chi connectivity index (χ3n) is 2.49. The summed E-state index contributed by atoms with van der Waals surface area (Å²) in [6.45, 7) is 0. The number of benzene rings is 1. The van der Waals surface area contributed by atoms with Gasteiger partial charge in [0.15, 0.2) is 10.8 Å². The summed E-state index contributed by atoms with van der Waals surface area (Å²) in [7, 11) is -2.45. The summed E-state index contributed by atoms with van der Waals surface area (Å²) < 4.78 is 40.3. The van der Waals surface area contributed by atoms with E-state index in [1.807, 2.05) is 0 Å². The van der Waals surface area contributed by atoms with Crippen LogP contribution in [0.5, 0.6) is 0 Å². The Balaban J connectivity index is 2.44. The molecule has 0 fully saturated rings. The number of hydrogen-bond donors (Lipinski definition) is 2. The van der Waals surface area contributed by atoms with Crippen molar-refractivity contribution >= 4 is 33.0 Å². The largest absolute Gasteiger partial charge is 0.386 e. The number of aromatic nitrogens is 1. The van der Waals surface area contributed by atoms with Crippen molar-refractivity contribution in [2.75, 3.05) is 17.1 Å². The molecule has 106 valence electrons. The number of nitrogens with one attached hydrogen (secondary N) is 2. The number of sulfonamides is 1. The van der Waals surface area contributed by atoms with Crippen LogP contribution in [0.2, 0.25) is 5.02 Å². The van der Waals surface area contributed by atoms with Gasteiger partial charge in [0.2, 0.25) is 0 Å². The lowest BCUT2D eigenvalue weighted by atomic mass is 10.3. The highest BCUT2D eigenvalue weighted by atomic mass is 35.5. The van der Waals surface area contributed by atoms with E-state index in [9.17, 15) is 12.8 Å². The third kappa shape index (κ3) is 2.83. The Morgan fingerprint density at radius 3 is 2.60 bits per heavy atom. The molecule has 0 unspecified atom stereocenters. The Hall–Kier alpha value is -1.86. The van der Waals surface area contributed by atoms with E-state index >= 15 is 0 Å². The Bertz CT molecular complexity index is 737. The normalized spacial score (nSPS) is 11.2. The van der Waals surface area contributed by atoms with Crippen LogP contribution < -0.4 is 10.0 Å². The van der Waals surface area contributed by atoms with Crippen molar-refractivity contribution in [3.63, 3.8) is 0 Å². The summed E-state index contributed by atoms with van der Waals surface area (Å²) >= 11 is 5.61. The topological polar surface area (TPSA) is 71.1 Å². The summed E-state index contributed by atoms with van der Waals surface area (Å²) in [6.07, 6.45) is 1.34. The van der Waals surface area contributed by atoms with Gasteiger partial charge in [-0.25, -0.2) is 9.37 Å². The van der Waals surface area contributed by atoms with Crippen LogP contribution in [0.15, 0.2) is 41.6 Å². The van der Waals surface area contributed by atoms with Gasteiger partial charge in [-0.05, 0) is 24.3 Å². The molecule has 0 aliphatic carbocycles. The average Bonchev–Trinajstić information content (AvgIpc) is 2.43. The van der Waals surface area contributed by atoms with Crippen molar-refractivity contribution in [1.29, 1.82) is 0 Å². The fourth-order valence-corrected chi connectivity index (χ4v) is 2.95. The molecular weight excluding hydrogens is 305 g/mol. The highest BCUT2D eigenvalue weighted by Crippen LogP contribution is 2.26. The quantitative estimate of drug-likeness (QED) is 0.910. The van der Waals surface area contributed by atoms with Gasteiger partial charge in [0, 0.05) is 13.2 Å². The molecule has 0 saturated carbocycles. The predicted octanol–water partition coefficient (Wildman–Crippen LogP) is 2.72. The minimum atomic E-state index is -4.02. The maximum atomic E-state index is 13.7. The Labute approximate surface area is 120 Å². The first-order valence-corrected chi connectivity index (χ1v) is 7.41. The number of nitrogens with zero attached hydrogens (tertiary/aromatic N) is 1. The summed E-state index contributed by atoms with van der Waals surface area (Å²) in [5, 5.41) is 2.32. The van der Waals surface area contributed by atoms with E-state index in [4.69, 9.17) is 11.6 Å². The molecule has 0 spiro atoms. The van der Waals surface area contributed by atoms with Gasteiger partial charge in [-0.3, -0.25) is 4.72 Å². The first-order valence-electron chi connectivity index (χ1n) is 5.55. The molecule has 0 aliphatic rings. The maximum absolute atomic E-state index is 13.7. The standard InChI is InChI=1S/C12H11ClFN3O2S/c1-15-10-6-3-7-16-12(10)20(18,19)17-9-5-2-4-8(13)11(9)14/h2-7,15,17H,1H3. The summed E-state index contributed by atoms with van der Waals surface area (Å²) in [5.74, 6) is -0.834. The van der Waals surface area contributed by atoms with E-state index in [0.29, 0.717) is 5.69 Å². The zero-order valence-corrected chi connectivity index (χ0v) is 12.0. The van der Waals surface area contributed by atoms with E-state index in [2.05, 4.69) is 15.0 Å². The molecule has 0 saturated heterocycles. The van der Waals surface area contributed by atoms with Crippen molar-refractivity contribution < 1.29 is 12.8 Å². The lowest BCUT2D eigenvalue weighted by Crippen LogP contribution is -2.17. The van der Waals surface area contributed by atoms with Gasteiger partial charge in [-0.15, -0.1) is 0 Å². The molecule has 1 heterocycles. The van der Waals surface area contributed by atoms with Gasteiger partial charge in [0.25, 0.3) is 10.0 Å². The van der Waals surface area contributed by atoms with Gasteiger partial charge in [-0.1, -0.05) is 17.7 Å². The lowest BCUT2D eigenvalue weighted by Gasteiger charge is -2.11. The second-order valence-corrected chi connectivity index (χ2v) is 5.82. The van der Waals surface area contributed by atoms with Crippen LogP contribution in [-0.4, -0.2) is 20.4 Å². The molecule has 0 atom stereocenters. The number of halogens is 2. The highest BCUT2D eigenvalue weighted by Gasteiger charge is 2.21. The third-order valence-corrected chi connectivity index (χ3v) is 4.11. The van der Waals surface area contributed by atoms with Crippen molar-refractivity contribution in [3.8, 4) is 0 Å². The van der Waals surface area contributed by atoms with Crippen molar-refractivity contribution in [3.05, 3.63) is 47.4 Å². The van der Waals surface area contributed by atoms with E-state index in [-0.39, 0.29) is 15.7 Å². The van der Waals surface area contributed by atoms with E-state index in [0.717, 1.165) is 0 Å². The van der Waals surface area contributed by atoms with Crippen LogP contribution in [0.25, 0.3) is 0 Å². The molecule has 1 aromatic heterocycles. The fraction of sp³-hybridized carbons (Fsp3) is 0.0833. The summed E-state index contributed by atoms with van der Waals surface area (Å²) in [5.41, 5.74) is 0.0765. The molecular formula is C12H11ClFN3O2S. The van der Waals surface area contributed by atoms with Crippen LogP contribution in [0.3, 0.4) is 0 Å². The maximum Gasteiger partial charge on any atom is 0.281 e. The van der Waals surface area contributed by atoms with Crippen LogP contribution in [0, 0.1) is 5.82 Å². The zero-order chi connectivity index (χ0) is 14.8. The molecule has 2 rings (SSSR count). The molecule has 0 amide bonds. The second kappa shape index (κ2) is 5.64. The van der Waals surface area contributed by atoms with Gasteiger partial charge >= 0.3 is 0 Å². The number of rotatable bonds is 4. The molecule has 0 bridgehead atoms. The Kier molecular flexibility index (Phi) is 4.10. The van der Waals surface area contributed by atoms with Crippen molar-refractivity contribution in [1.82, 2.24) is 4.98 Å². The van der Waals surface area contributed by atoms with Gasteiger partial charge < -0.3 is 5.32 Å². The first-order chi connectivity index (χ1) is 9.45. The second-order valence-electron chi connectivity index (χ2n) is 3.81. The molecule has 2 aromatic rings. The van der Waals surface area contributed by atoms with E-state index < -0.39 is 15.8 Å². The van der Waals surface area contributed by atoms with Crippen molar-refractivity contribution in [2.24, 2.45) is 0 Å². The average molecular weight is 316 g/mol.